The van der Waals surface area contributed by atoms with Gasteiger partial charge in [-0.3, -0.25) is 4.57 Å². The smallest absolute Gasteiger partial charge is 0.228 e. The summed E-state index contributed by atoms with van der Waals surface area (Å²) in [6.45, 7) is 7.75. The van der Waals surface area contributed by atoms with Crippen molar-refractivity contribution in [3.8, 4) is 0 Å². The number of benzene rings is 2. The fraction of sp³-hybridized carbons (Fsp3) is 0.240. The molecule has 0 radical (unpaired) electrons. The van der Waals surface area contributed by atoms with Gasteiger partial charge in [-0.1, -0.05) is 18.2 Å². The number of hydrogen-bond acceptors (Lipinski definition) is 6. The molecule has 0 bridgehead atoms. The zero-order valence-corrected chi connectivity index (χ0v) is 20.8. The van der Waals surface area contributed by atoms with Gasteiger partial charge in [0.1, 0.15) is 13.5 Å². The first kappa shape index (κ1) is 22.7. The number of nitrogens with zero attached hydrogens (tertiary/aromatic N) is 5. The Morgan fingerprint density at radius 2 is 1.67 bits per heavy atom. The average molecular weight is 461 g/mol. The van der Waals surface area contributed by atoms with Crippen LogP contribution in [0.5, 0.6) is 0 Å². The summed E-state index contributed by atoms with van der Waals surface area (Å²) >= 11 is 0. The molecule has 0 unspecified atom stereocenters. The van der Waals surface area contributed by atoms with Gasteiger partial charge in [0, 0.05) is 31.3 Å². The van der Waals surface area contributed by atoms with E-state index in [-0.39, 0.29) is 0 Å². The fourth-order valence-corrected chi connectivity index (χ4v) is 4.45. The van der Waals surface area contributed by atoms with E-state index in [1.165, 1.54) is 16.7 Å². The van der Waals surface area contributed by atoms with Gasteiger partial charge in [0.2, 0.25) is 5.95 Å². The van der Waals surface area contributed by atoms with Crippen LogP contribution in [-0.2, 0) is 4.57 Å². The highest BCUT2D eigenvalue weighted by Crippen LogP contribution is 2.35. The summed E-state index contributed by atoms with van der Waals surface area (Å²) in [7, 11) is 1.52. The number of anilines is 3. The Kier molecular flexibility index (Phi) is 6.09. The molecule has 1 N–H and O–H groups in total. The SMILES string of the molecule is Cc1cccc(C)c1/C=C/n1cnc2c(Nc3ccc(P(C)(C)=O)cc3)nc(N(C)C)nc21. The second-order valence-electron chi connectivity index (χ2n) is 8.73. The molecule has 170 valence electrons. The lowest BCUT2D eigenvalue weighted by Gasteiger charge is -2.14. The minimum Gasteiger partial charge on any atom is -0.347 e. The Balaban J connectivity index is 1.74. The molecular formula is C25H29N6OP. The Morgan fingerprint density at radius 3 is 2.27 bits per heavy atom. The summed E-state index contributed by atoms with van der Waals surface area (Å²) in [4.78, 5) is 15.9. The molecule has 0 aliphatic heterocycles. The van der Waals surface area contributed by atoms with Crippen LogP contribution in [-0.4, -0.2) is 46.9 Å². The monoisotopic (exact) mass is 460 g/mol. The second-order valence-corrected chi connectivity index (χ2v) is 12.0. The molecule has 8 heteroatoms. The van der Waals surface area contributed by atoms with Crippen molar-refractivity contribution in [1.29, 1.82) is 0 Å². The first-order valence-corrected chi connectivity index (χ1v) is 13.3. The summed E-state index contributed by atoms with van der Waals surface area (Å²) in [6.07, 6.45) is 5.82. The molecule has 2 aromatic carbocycles. The third-order valence-corrected chi connectivity index (χ3v) is 7.05. The van der Waals surface area contributed by atoms with Crippen LogP contribution < -0.4 is 15.5 Å². The Hall–Kier alpha value is -3.44. The van der Waals surface area contributed by atoms with E-state index in [1.807, 2.05) is 54.0 Å². The maximum Gasteiger partial charge on any atom is 0.228 e. The summed E-state index contributed by atoms with van der Waals surface area (Å²) in [6, 6.07) is 13.9. The van der Waals surface area contributed by atoms with Crippen molar-refractivity contribution in [1.82, 2.24) is 19.5 Å². The number of aryl methyl sites for hydroxylation is 2. The van der Waals surface area contributed by atoms with E-state index < -0.39 is 7.14 Å². The molecule has 2 aromatic heterocycles. The molecule has 0 fully saturated rings. The Morgan fingerprint density at radius 1 is 1.00 bits per heavy atom. The van der Waals surface area contributed by atoms with Crippen LogP contribution in [0.25, 0.3) is 23.4 Å². The van der Waals surface area contributed by atoms with Gasteiger partial charge in [-0.25, -0.2) is 4.98 Å². The first-order chi connectivity index (χ1) is 15.6. The van der Waals surface area contributed by atoms with Crippen molar-refractivity contribution < 1.29 is 4.57 Å². The third-order valence-electron chi connectivity index (χ3n) is 5.51. The molecule has 4 rings (SSSR count). The maximum atomic E-state index is 12.3. The summed E-state index contributed by atoms with van der Waals surface area (Å²) in [5.74, 6) is 1.20. The van der Waals surface area contributed by atoms with Gasteiger partial charge < -0.3 is 14.8 Å². The normalized spacial score (nSPS) is 11.9. The van der Waals surface area contributed by atoms with Crippen LogP contribution in [0.3, 0.4) is 0 Å². The highest BCUT2D eigenvalue weighted by atomic mass is 31.2. The lowest BCUT2D eigenvalue weighted by molar-refractivity contribution is 0.588. The molecule has 2 heterocycles. The first-order valence-electron chi connectivity index (χ1n) is 10.7. The average Bonchev–Trinajstić information content (AvgIpc) is 3.16. The van der Waals surface area contributed by atoms with E-state index in [2.05, 4.69) is 53.4 Å². The number of rotatable bonds is 6. The number of nitrogens with one attached hydrogen (secondary N) is 1. The number of aromatic nitrogens is 4. The zero-order chi connectivity index (χ0) is 23.8. The van der Waals surface area contributed by atoms with Crippen LogP contribution in [0.15, 0.2) is 48.8 Å². The zero-order valence-electron chi connectivity index (χ0n) is 19.9. The molecule has 0 aliphatic carbocycles. The van der Waals surface area contributed by atoms with Gasteiger partial charge in [-0.15, -0.1) is 0 Å². The van der Waals surface area contributed by atoms with Crippen LogP contribution >= 0.6 is 7.14 Å². The molecule has 0 aliphatic rings. The lowest BCUT2D eigenvalue weighted by atomic mass is 10.0. The van der Waals surface area contributed by atoms with E-state index in [9.17, 15) is 4.57 Å². The Bertz CT molecular complexity index is 1360. The molecule has 33 heavy (non-hydrogen) atoms. The maximum absolute atomic E-state index is 12.3. The van der Waals surface area contributed by atoms with Crippen molar-refractivity contribution in [3.63, 3.8) is 0 Å². The minimum atomic E-state index is -2.30. The van der Waals surface area contributed by atoms with E-state index in [1.54, 1.807) is 19.7 Å². The van der Waals surface area contributed by atoms with Crippen molar-refractivity contribution in [2.24, 2.45) is 0 Å². The van der Waals surface area contributed by atoms with Gasteiger partial charge in [0.05, 0.1) is 0 Å². The molecular weight excluding hydrogens is 431 g/mol. The molecule has 0 amide bonds. The van der Waals surface area contributed by atoms with Crippen LogP contribution in [0.1, 0.15) is 16.7 Å². The van der Waals surface area contributed by atoms with Crippen LogP contribution in [0, 0.1) is 13.8 Å². The summed E-state index contributed by atoms with van der Waals surface area (Å²) < 4.78 is 14.2. The number of fused-ring (bicyclic) bond motifs is 1. The number of imidazole rings is 1. The van der Waals surface area contributed by atoms with Crippen molar-refractivity contribution in [3.05, 3.63) is 65.5 Å². The largest absolute Gasteiger partial charge is 0.347 e. The van der Waals surface area contributed by atoms with Gasteiger partial charge in [0.15, 0.2) is 17.0 Å². The van der Waals surface area contributed by atoms with E-state index in [0.29, 0.717) is 22.9 Å². The van der Waals surface area contributed by atoms with Crippen LogP contribution in [0.2, 0.25) is 0 Å². The summed E-state index contributed by atoms with van der Waals surface area (Å²) in [5, 5.41) is 4.20. The van der Waals surface area contributed by atoms with Gasteiger partial charge in [-0.2, -0.15) is 9.97 Å². The number of hydrogen-bond donors (Lipinski definition) is 1. The van der Waals surface area contributed by atoms with Crippen molar-refractivity contribution in [2.45, 2.75) is 13.8 Å². The summed E-state index contributed by atoms with van der Waals surface area (Å²) in [5.41, 5.74) is 5.85. The standard InChI is InChI=1S/C25H29N6OP/c1-17-8-7-9-18(2)21(17)14-15-31-16-26-22-23(28-25(30(3)4)29-24(22)31)27-19-10-12-20(13-11-19)33(5,6)32/h7-16H,1-6H3,(H,27,28,29)/b15-14+. The molecule has 7 nitrogen and oxygen atoms in total. The highest BCUT2D eigenvalue weighted by molar-refractivity contribution is 7.70. The molecule has 0 atom stereocenters. The van der Waals surface area contributed by atoms with E-state index in [0.717, 1.165) is 11.0 Å². The third kappa shape index (κ3) is 4.83. The molecule has 0 saturated heterocycles. The second kappa shape index (κ2) is 8.83. The van der Waals surface area contributed by atoms with E-state index in [4.69, 9.17) is 4.98 Å². The van der Waals surface area contributed by atoms with Crippen molar-refractivity contribution >= 4 is 53.3 Å². The van der Waals surface area contributed by atoms with Gasteiger partial charge in [0.25, 0.3) is 0 Å². The highest BCUT2D eigenvalue weighted by Gasteiger charge is 2.15. The van der Waals surface area contributed by atoms with Gasteiger partial charge >= 0.3 is 0 Å². The fourth-order valence-electron chi connectivity index (χ4n) is 3.59. The predicted octanol–water partition coefficient (Wildman–Crippen LogP) is 5.13. The van der Waals surface area contributed by atoms with Crippen molar-refractivity contribution in [2.75, 3.05) is 37.6 Å². The predicted molar refractivity (Wildman–Crippen MR) is 140 cm³/mol. The minimum absolute atomic E-state index is 0.579. The van der Waals surface area contributed by atoms with Gasteiger partial charge in [-0.05, 0) is 74.2 Å². The molecule has 0 saturated carbocycles. The molecule has 4 aromatic rings. The topological polar surface area (TPSA) is 75.9 Å². The van der Waals surface area contributed by atoms with E-state index >= 15 is 0 Å². The van der Waals surface area contributed by atoms with Crippen LogP contribution in [0.4, 0.5) is 17.5 Å². The lowest BCUT2D eigenvalue weighted by Crippen LogP contribution is -2.14. The Labute approximate surface area is 194 Å². The molecule has 0 spiro atoms. The quantitative estimate of drug-likeness (QED) is 0.402.